The maximum atomic E-state index is 6.17. The van der Waals surface area contributed by atoms with Gasteiger partial charge in [-0.05, 0) is 48.4 Å². The number of halogens is 1. The van der Waals surface area contributed by atoms with Crippen molar-refractivity contribution in [3.05, 3.63) is 71.7 Å². The first-order valence-electron chi connectivity index (χ1n) is 8.36. The van der Waals surface area contributed by atoms with E-state index in [9.17, 15) is 0 Å². The lowest BCUT2D eigenvalue weighted by Gasteiger charge is -2.11. The van der Waals surface area contributed by atoms with Gasteiger partial charge >= 0.3 is 0 Å². The summed E-state index contributed by atoms with van der Waals surface area (Å²) in [5.41, 5.74) is 4.10. The van der Waals surface area contributed by atoms with Gasteiger partial charge in [0.05, 0.1) is 16.7 Å². The average molecular weight is 350 g/mol. The number of para-hydroxylation sites is 2. The van der Waals surface area contributed by atoms with Gasteiger partial charge in [0, 0.05) is 10.8 Å². The molecule has 4 aromatic rings. The highest BCUT2D eigenvalue weighted by Crippen LogP contribution is 2.32. The van der Waals surface area contributed by atoms with Crippen LogP contribution in [0.25, 0.3) is 33.7 Å². The summed E-state index contributed by atoms with van der Waals surface area (Å²) in [4.78, 5) is 8.83. The SMILES string of the molecule is C=Cc1c(C)c2ccccc2n1-c1nc(Cl)nc2ccccc12.CC. The van der Waals surface area contributed by atoms with Crippen molar-refractivity contribution in [3.63, 3.8) is 0 Å². The Kier molecular flexibility index (Phi) is 4.86. The number of rotatable bonds is 2. The summed E-state index contributed by atoms with van der Waals surface area (Å²) in [7, 11) is 0. The fourth-order valence-corrected chi connectivity index (χ4v) is 3.27. The molecule has 0 atom stereocenters. The molecule has 0 N–H and O–H groups in total. The molecular formula is C21H20ClN3. The number of fused-ring (bicyclic) bond motifs is 2. The van der Waals surface area contributed by atoms with Gasteiger partial charge in [-0.15, -0.1) is 0 Å². The molecule has 2 aromatic carbocycles. The van der Waals surface area contributed by atoms with E-state index in [4.69, 9.17) is 11.6 Å². The molecular weight excluding hydrogens is 330 g/mol. The number of aryl methyl sites for hydroxylation is 1. The zero-order chi connectivity index (χ0) is 18.0. The minimum absolute atomic E-state index is 0.240. The number of benzene rings is 2. The van der Waals surface area contributed by atoms with E-state index in [1.165, 1.54) is 10.9 Å². The summed E-state index contributed by atoms with van der Waals surface area (Å²) in [6.45, 7) is 10.1. The molecule has 25 heavy (non-hydrogen) atoms. The van der Waals surface area contributed by atoms with Gasteiger partial charge in [-0.1, -0.05) is 50.8 Å². The van der Waals surface area contributed by atoms with Crippen LogP contribution in [0.1, 0.15) is 25.1 Å². The summed E-state index contributed by atoms with van der Waals surface area (Å²) < 4.78 is 2.10. The maximum Gasteiger partial charge on any atom is 0.224 e. The van der Waals surface area contributed by atoms with Crippen LogP contribution < -0.4 is 0 Å². The Balaban J connectivity index is 0.000000880. The lowest BCUT2D eigenvalue weighted by atomic mass is 10.1. The molecule has 3 nitrogen and oxygen atoms in total. The molecule has 2 aromatic heterocycles. The van der Waals surface area contributed by atoms with E-state index in [-0.39, 0.29) is 5.28 Å². The van der Waals surface area contributed by atoms with Gasteiger partial charge in [0.15, 0.2) is 5.82 Å². The molecule has 4 heteroatoms. The largest absolute Gasteiger partial charge is 0.294 e. The van der Waals surface area contributed by atoms with Crippen LogP contribution in [0.5, 0.6) is 0 Å². The van der Waals surface area contributed by atoms with Gasteiger partial charge in [-0.2, -0.15) is 4.98 Å². The summed E-state index contributed by atoms with van der Waals surface area (Å²) in [6.07, 6.45) is 1.86. The number of hydrogen-bond donors (Lipinski definition) is 0. The molecule has 0 bridgehead atoms. The van der Waals surface area contributed by atoms with Crippen molar-refractivity contribution >= 4 is 39.5 Å². The fraction of sp³-hybridized carbons (Fsp3) is 0.143. The maximum absolute atomic E-state index is 6.17. The van der Waals surface area contributed by atoms with Crippen molar-refractivity contribution in [2.45, 2.75) is 20.8 Å². The molecule has 0 spiro atoms. The minimum Gasteiger partial charge on any atom is -0.294 e. The first-order chi connectivity index (χ1) is 12.2. The van der Waals surface area contributed by atoms with Gasteiger partial charge in [-0.25, -0.2) is 4.98 Å². The number of aromatic nitrogens is 3. The third kappa shape index (κ3) is 2.81. The van der Waals surface area contributed by atoms with Crippen LogP contribution in [0.4, 0.5) is 0 Å². The molecule has 4 rings (SSSR count). The highest BCUT2D eigenvalue weighted by Gasteiger charge is 2.17. The Morgan fingerprint density at radius 3 is 2.32 bits per heavy atom. The van der Waals surface area contributed by atoms with Crippen LogP contribution >= 0.6 is 11.6 Å². The van der Waals surface area contributed by atoms with Crippen LogP contribution in [0.2, 0.25) is 5.28 Å². The van der Waals surface area contributed by atoms with Crippen LogP contribution in [-0.2, 0) is 0 Å². The van der Waals surface area contributed by atoms with Crippen molar-refractivity contribution in [1.29, 1.82) is 0 Å². The van der Waals surface area contributed by atoms with Crippen molar-refractivity contribution in [2.75, 3.05) is 0 Å². The number of hydrogen-bond acceptors (Lipinski definition) is 2. The molecule has 0 fully saturated rings. The summed E-state index contributed by atoms with van der Waals surface area (Å²) in [5.74, 6) is 0.778. The zero-order valence-electron chi connectivity index (χ0n) is 14.6. The van der Waals surface area contributed by atoms with Gasteiger partial charge in [0.25, 0.3) is 0 Å². The summed E-state index contributed by atoms with van der Waals surface area (Å²) >= 11 is 6.17. The Morgan fingerprint density at radius 2 is 1.60 bits per heavy atom. The molecule has 0 amide bonds. The standard InChI is InChI=1S/C19H14ClN3.C2H6/c1-3-16-12(2)13-8-5-7-11-17(13)23(16)18-14-9-4-6-10-15(14)21-19(20)22-18;1-2/h3-11H,1H2,2H3;1-2H3. The molecule has 0 radical (unpaired) electrons. The van der Waals surface area contributed by atoms with Crippen LogP contribution in [0.15, 0.2) is 55.1 Å². The lowest BCUT2D eigenvalue weighted by molar-refractivity contribution is 1.02. The molecule has 0 saturated heterocycles. The second-order valence-electron chi connectivity index (χ2n) is 5.40. The molecule has 0 aliphatic carbocycles. The molecule has 2 heterocycles. The van der Waals surface area contributed by atoms with Crippen LogP contribution in [-0.4, -0.2) is 14.5 Å². The first-order valence-corrected chi connectivity index (χ1v) is 8.73. The monoisotopic (exact) mass is 349 g/mol. The predicted octanol–water partition coefficient (Wildman–Crippen LogP) is 6.20. The van der Waals surface area contributed by atoms with Crippen molar-refractivity contribution in [3.8, 4) is 5.82 Å². The highest BCUT2D eigenvalue weighted by atomic mass is 35.5. The third-order valence-electron chi connectivity index (χ3n) is 4.14. The summed E-state index contributed by atoms with van der Waals surface area (Å²) in [6, 6.07) is 16.1. The number of nitrogens with zero attached hydrogens (tertiary/aromatic N) is 3. The average Bonchev–Trinajstić information content (AvgIpc) is 2.95. The van der Waals surface area contributed by atoms with Crippen molar-refractivity contribution in [1.82, 2.24) is 14.5 Å². The third-order valence-corrected chi connectivity index (χ3v) is 4.30. The first kappa shape index (κ1) is 17.2. The second kappa shape index (κ2) is 7.08. The smallest absolute Gasteiger partial charge is 0.224 e. The van der Waals surface area contributed by atoms with E-state index in [2.05, 4.69) is 40.2 Å². The Morgan fingerprint density at radius 1 is 0.960 bits per heavy atom. The molecule has 0 saturated carbocycles. The van der Waals surface area contributed by atoms with Crippen molar-refractivity contribution < 1.29 is 0 Å². The molecule has 0 aliphatic heterocycles. The molecule has 0 unspecified atom stereocenters. The van der Waals surface area contributed by atoms with Gasteiger partial charge in [-0.3, -0.25) is 4.57 Å². The van der Waals surface area contributed by atoms with Crippen molar-refractivity contribution in [2.24, 2.45) is 0 Å². The minimum atomic E-state index is 0.240. The fourth-order valence-electron chi connectivity index (χ4n) is 3.10. The lowest BCUT2D eigenvalue weighted by Crippen LogP contribution is -2.02. The van der Waals surface area contributed by atoms with Crippen LogP contribution in [0, 0.1) is 6.92 Å². The van der Waals surface area contributed by atoms with Gasteiger partial charge < -0.3 is 0 Å². The Hall–Kier alpha value is -2.65. The van der Waals surface area contributed by atoms with E-state index >= 15 is 0 Å². The molecule has 0 aliphatic rings. The van der Waals surface area contributed by atoms with E-state index < -0.39 is 0 Å². The van der Waals surface area contributed by atoms with Gasteiger partial charge in [0.2, 0.25) is 5.28 Å². The van der Waals surface area contributed by atoms with Crippen LogP contribution in [0.3, 0.4) is 0 Å². The van der Waals surface area contributed by atoms with E-state index in [1.54, 1.807) is 0 Å². The predicted molar refractivity (Wildman–Crippen MR) is 108 cm³/mol. The Labute approximate surface area is 152 Å². The second-order valence-corrected chi connectivity index (χ2v) is 5.74. The Bertz CT molecular complexity index is 1060. The van der Waals surface area contributed by atoms with E-state index in [1.807, 2.05) is 56.3 Å². The van der Waals surface area contributed by atoms with E-state index in [0.29, 0.717) is 0 Å². The zero-order valence-corrected chi connectivity index (χ0v) is 15.4. The molecule has 126 valence electrons. The van der Waals surface area contributed by atoms with E-state index in [0.717, 1.165) is 27.9 Å². The quantitative estimate of drug-likeness (QED) is 0.403. The van der Waals surface area contributed by atoms with Gasteiger partial charge in [0.1, 0.15) is 0 Å². The topological polar surface area (TPSA) is 30.7 Å². The normalized spacial score (nSPS) is 10.6. The summed E-state index contributed by atoms with van der Waals surface area (Å²) in [5, 5.41) is 2.38. The highest BCUT2D eigenvalue weighted by molar-refractivity contribution is 6.28.